The van der Waals surface area contributed by atoms with Crippen LogP contribution in [0, 0.1) is 6.92 Å². The van der Waals surface area contributed by atoms with E-state index in [1.54, 1.807) is 40.6 Å². The summed E-state index contributed by atoms with van der Waals surface area (Å²) in [6, 6.07) is 12.3. The van der Waals surface area contributed by atoms with E-state index in [0.717, 1.165) is 16.2 Å². The molecule has 0 spiro atoms. The van der Waals surface area contributed by atoms with Crippen LogP contribution in [0.25, 0.3) is 5.65 Å². The number of phenols is 1. The lowest BCUT2D eigenvalue weighted by molar-refractivity contribution is 0.475. The number of aromatic hydroxyl groups is 1. The summed E-state index contributed by atoms with van der Waals surface area (Å²) < 4.78 is 1.56. The molecule has 1 aromatic carbocycles. The summed E-state index contributed by atoms with van der Waals surface area (Å²) in [5, 5.41) is 9.25. The highest BCUT2D eigenvalue weighted by Crippen LogP contribution is 2.23. The molecule has 1 N–H and O–H groups in total. The number of aromatic nitrogens is 2. The van der Waals surface area contributed by atoms with Crippen LogP contribution in [0.5, 0.6) is 5.75 Å². The largest absolute Gasteiger partial charge is 0.508 e. The van der Waals surface area contributed by atoms with Crippen molar-refractivity contribution in [2.45, 2.75) is 17.6 Å². The van der Waals surface area contributed by atoms with Crippen LogP contribution in [0.1, 0.15) is 11.3 Å². The minimum Gasteiger partial charge on any atom is -0.508 e. The highest BCUT2D eigenvalue weighted by Gasteiger charge is 2.04. The smallest absolute Gasteiger partial charge is 0.258 e. The third kappa shape index (κ3) is 3.08. The maximum absolute atomic E-state index is 12.1. The fourth-order valence-electron chi connectivity index (χ4n) is 2.03. The van der Waals surface area contributed by atoms with Gasteiger partial charge >= 0.3 is 0 Å². The van der Waals surface area contributed by atoms with Gasteiger partial charge in [-0.1, -0.05) is 6.07 Å². The number of thioether (sulfide) groups is 1. The first-order chi connectivity index (χ1) is 10.1. The Labute approximate surface area is 126 Å². The number of pyridine rings is 1. The van der Waals surface area contributed by atoms with Crippen molar-refractivity contribution >= 4 is 17.4 Å². The Hall–Kier alpha value is -2.27. The van der Waals surface area contributed by atoms with Crippen molar-refractivity contribution < 1.29 is 5.11 Å². The second kappa shape index (κ2) is 5.61. The SMILES string of the molecule is Cc1ccc2nc(CSc3ccc(O)cc3)cc(=O)n2c1. The summed E-state index contributed by atoms with van der Waals surface area (Å²) in [6.45, 7) is 1.94. The summed E-state index contributed by atoms with van der Waals surface area (Å²) in [5.41, 5.74) is 2.37. The van der Waals surface area contributed by atoms with Crippen LogP contribution in [0.2, 0.25) is 0 Å². The molecule has 2 heterocycles. The minimum atomic E-state index is -0.0648. The van der Waals surface area contributed by atoms with Gasteiger partial charge in [0.25, 0.3) is 5.56 Å². The fraction of sp³-hybridized carbons (Fsp3) is 0.125. The number of aryl methyl sites for hydroxylation is 1. The molecule has 106 valence electrons. The van der Waals surface area contributed by atoms with E-state index < -0.39 is 0 Å². The van der Waals surface area contributed by atoms with Gasteiger partial charge in [0.2, 0.25) is 0 Å². The molecule has 0 saturated heterocycles. The van der Waals surface area contributed by atoms with Gasteiger partial charge in [0, 0.05) is 22.9 Å². The first-order valence-corrected chi connectivity index (χ1v) is 7.51. The highest BCUT2D eigenvalue weighted by atomic mass is 32.2. The topological polar surface area (TPSA) is 54.6 Å². The molecule has 0 aliphatic carbocycles. The van der Waals surface area contributed by atoms with E-state index >= 15 is 0 Å². The van der Waals surface area contributed by atoms with E-state index in [-0.39, 0.29) is 11.3 Å². The molecule has 0 saturated carbocycles. The van der Waals surface area contributed by atoms with Gasteiger partial charge in [-0.15, -0.1) is 11.8 Å². The third-order valence-corrected chi connectivity index (χ3v) is 4.13. The predicted molar refractivity (Wildman–Crippen MR) is 83.9 cm³/mol. The lowest BCUT2D eigenvalue weighted by Gasteiger charge is -2.05. The summed E-state index contributed by atoms with van der Waals surface area (Å²) in [7, 11) is 0. The molecular formula is C16H14N2O2S. The molecule has 3 rings (SSSR count). The average molecular weight is 298 g/mol. The Bertz CT molecular complexity index is 841. The lowest BCUT2D eigenvalue weighted by Crippen LogP contribution is -2.15. The molecule has 2 aromatic heterocycles. The zero-order valence-corrected chi connectivity index (χ0v) is 12.3. The van der Waals surface area contributed by atoms with Crippen molar-refractivity contribution in [3.63, 3.8) is 0 Å². The molecule has 5 heteroatoms. The van der Waals surface area contributed by atoms with Crippen LogP contribution in [0.4, 0.5) is 0 Å². The van der Waals surface area contributed by atoms with Gasteiger partial charge in [-0.25, -0.2) is 4.98 Å². The monoisotopic (exact) mass is 298 g/mol. The number of hydrogen-bond donors (Lipinski definition) is 1. The average Bonchev–Trinajstić information content (AvgIpc) is 2.47. The summed E-state index contributed by atoms with van der Waals surface area (Å²) in [4.78, 5) is 17.6. The Kier molecular flexibility index (Phi) is 3.66. The molecule has 0 bridgehead atoms. The molecule has 4 nitrogen and oxygen atoms in total. The van der Waals surface area contributed by atoms with Gasteiger partial charge in [-0.2, -0.15) is 0 Å². The van der Waals surface area contributed by atoms with Gasteiger partial charge in [-0.05, 0) is 42.8 Å². The second-order valence-corrected chi connectivity index (χ2v) is 5.85. The van der Waals surface area contributed by atoms with E-state index in [1.807, 2.05) is 31.2 Å². The molecule has 0 atom stereocenters. The van der Waals surface area contributed by atoms with Crippen LogP contribution in [-0.4, -0.2) is 14.5 Å². The number of benzene rings is 1. The Morgan fingerprint density at radius 1 is 1.19 bits per heavy atom. The van der Waals surface area contributed by atoms with Crippen molar-refractivity contribution in [3.8, 4) is 5.75 Å². The predicted octanol–water partition coefficient (Wildman–Crippen LogP) is 3.00. The van der Waals surface area contributed by atoms with Crippen molar-refractivity contribution in [2.24, 2.45) is 0 Å². The quantitative estimate of drug-likeness (QED) is 0.755. The molecule has 0 aliphatic rings. The van der Waals surface area contributed by atoms with Gasteiger partial charge in [-0.3, -0.25) is 9.20 Å². The fourth-order valence-corrected chi connectivity index (χ4v) is 2.82. The Balaban J connectivity index is 1.86. The minimum absolute atomic E-state index is 0.0648. The van der Waals surface area contributed by atoms with Crippen molar-refractivity contribution in [2.75, 3.05) is 0 Å². The first-order valence-electron chi connectivity index (χ1n) is 6.52. The maximum atomic E-state index is 12.1. The standard InChI is InChI=1S/C16H14N2O2S/c1-11-2-7-15-17-12(8-16(20)18(15)9-11)10-21-14-5-3-13(19)4-6-14/h2-9,19H,10H2,1H3. The van der Waals surface area contributed by atoms with Crippen molar-refractivity contribution in [1.82, 2.24) is 9.38 Å². The number of rotatable bonds is 3. The van der Waals surface area contributed by atoms with Crippen LogP contribution >= 0.6 is 11.8 Å². The van der Waals surface area contributed by atoms with E-state index in [9.17, 15) is 9.90 Å². The molecule has 3 aromatic rings. The first kappa shape index (κ1) is 13.7. The van der Waals surface area contributed by atoms with E-state index in [0.29, 0.717) is 11.4 Å². The van der Waals surface area contributed by atoms with Crippen LogP contribution in [0.3, 0.4) is 0 Å². The maximum Gasteiger partial charge on any atom is 0.258 e. The molecule has 0 radical (unpaired) electrons. The Morgan fingerprint density at radius 3 is 2.71 bits per heavy atom. The second-order valence-electron chi connectivity index (χ2n) is 4.80. The lowest BCUT2D eigenvalue weighted by atomic mass is 10.3. The normalized spacial score (nSPS) is 10.9. The number of hydrogen-bond acceptors (Lipinski definition) is 4. The summed E-state index contributed by atoms with van der Waals surface area (Å²) in [6.07, 6.45) is 1.79. The van der Waals surface area contributed by atoms with Crippen LogP contribution in [-0.2, 0) is 5.75 Å². The number of phenolic OH excluding ortho intramolecular Hbond substituents is 1. The van der Waals surface area contributed by atoms with Crippen molar-refractivity contribution in [3.05, 3.63) is 70.3 Å². The van der Waals surface area contributed by atoms with Crippen LogP contribution in [0.15, 0.2) is 58.4 Å². The molecule has 21 heavy (non-hydrogen) atoms. The summed E-state index contributed by atoms with van der Waals surface area (Å²) >= 11 is 1.58. The van der Waals surface area contributed by atoms with Gasteiger partial charge < -0.3 is 5.11 Å². The molecule has 0 amide bonds. The van der Waals surface area contributed by atoms with E-state index in [4.69, 9.17) is 0 Å². The van der Waals surface area contributed by atoms with Gasteiger partial charge in [0.05, 0.1) is 5.69 Å². The van der Waals surface area contributed by atoms with Crippen molar-refractivity contribution in [1.29, 1.82) is 0 Å². The zero-order chi connectivity index (χ0) is 14.8. The van der Waals surface area contributed by atoms with E-state index in [2.05, 4.69) is 4.98 Å². The molecule has 0 fully saturated rings. The molecule has 0 unspecified atom stereocenters. The molecular weight excluding hydrogens is 284 g/mol. The van der Waals surface area contributed by atoms with Crippen LogP contribution < -0.4 is 5.56 Å². The molecule has 0 aliphatic heterocycles. The third-order valence-electron chi connectivity index (χ3n) is 3.08. The van der Waals surface area contributed by atoms with Gasteiger partial charge in [0.15, 0.2) is 0 Å². The summed E-state index contributed by atoms with van der Waals surface area (Å²) in [5.74, 6) is 0.862. The Morgan fingerprint density at radius 2 is 1.95 bits per heavy atom. The van der Waals surface area contributed by atoms with E-state index in [1.165, 1.54) is 0 Å². The highest BCUT2D eigenvalue weighted by molar-refractivity contribution is 7.98. The number of nitrogens with zero attached hydrogens (tertiary/aromatic N) is 2. The number of fused-ring (bicyclic) bond motifs is 1. The zero-order valence-electron chi connectivity index (χ0n) is 11.5. The van der Waals surface area contributed by atoms with Gasteiger partial charge in [0.1, 0.15) is 11.4 Å².